The van der Waals surface area contributed by atoms with Crippen LogP contribution in [0.3, 0.4) is 0 Å². The van der Waals surface area contributed by atoms with Crippen molar-refractivity contribution in [2.45, 2.75) is 12.2 Å². The lowest BCUT2D eigenvalue weighted by atomic mass is 10.1. The lowest BCUT2D eigenvalue weighted by molar-refractivity contribution is 0.0343. The third-order valence-electron chi connectivity index (χ3n) is 1.75. The maximum Gasteiger partial charge on any atom is 0.106 e. The Hall–Kier alpha value is 0.200. The number of hydrogen-bond acceptors (Lipinski definition) is 2. The van der Waals surface area contributed by atoms with Gasteiger partial charge in [-0.25, -0.2) is 0 Å². The van der Waals surface area contributed by atoms with Crippen molar-refractivity contribution in [3.05, 3.63) is 33.8 Å². The van der Waals surface area contributed by atoms with E-state index >= 15 is 0 Å². The van der Waals surface area contributed by atoms with Crippen molar-refractivity contribution in [3.63, 3.8) is 0 Å². The molecular weight excluding hydrogens is 291 g/mol. The van der Waals surface area contributed by atoms with Crippen LogP contribution in [0, 0.1) is 0 Å². The average Bonchev–Trinajstić information content (AvgIpc) is 2.14. The number of alkyl halides is 1. The predicted molar refractivity (Wildman–Crippen MR) is 61.2 cm³/mol. The zero-order valence-corrected chi connectivity index (χ0v) is 10.2. The van der Waals surface area contributed by atoms with E-state index in [0.717, 1.165) is 0 Å². The second-order valence-corrected chi connectivity index (χ2v) is 4.39. The van der Waals surface area contributed by atoms with Gasteiger partial charge in [0.2, 0.25) is 0 Å². The van der Waals surface area contributed by atoms with Crippen molar-refractivity contribution in [1.82, 2.24) is 0 Å². The molecule has 0 fully saturated rings. The van der Waals surface area contributed by atoms with Crippen LogP contribution in [0.2, 0.25) is 10.0 Å². The summed E-state index contributed by atoms with van der Waals surface area (Å²) < 4.78 is 0. The van der Waals surface area contributed by atoms with E-state index in [1.165, 1.54) is 0 Å². The second-order valence-electron chi connectivity index (χ2n) is 2.87. The van der Waals surface area contributed by atoms with Crippen LogP contribution in [0.1, 0.15) is 11.7 Å². The smallest absolute Gasteiger partial charge is 0.106 e. The number of aliphatic hydroxyl groups is 2. The highest BCUT2D eigenvalue weighted by Gasteiger charge is 2.17. The van der Waals surface area contributed by atoms with E-state index in [9.17, 15) is 10.2 Å². The van der Waals surface area contributed by atoms with Gasteiger partial charge in [0.25, 0.3) is 0 Å². The summed E-state index contributed by atoms with van der Waals surface area (Å²) in [6.07, 6.45) is -1.85. The summed E-state index contributed by atoms with van der Waals surface area (Å²) in [5, 5.41) is 20.2. The molecule has 2 unspecified atom stereocenters. The van der Waals surface area contributed by atoms with Gasteiger partial charge in [-0.3, -0.25) is 0 Å². The molecule has 1 rings (SSSR count). The van der Waals surface area contributed by atoms with E-state index in [0.29, 0.717) is 15.6 Å². The summed E-state index contributed by atoms with van der Waals surface area (Å²) in [5.74, 6) is 0. The molecule has 0 heterocycles. The Kier molecular flexibility index (Phi) is 4.67. The quantitative estimate of drug-likeness (QED) is 0.843. The van der Waals surface area contributed by atoms with Crippen molar-refractivity contribution < 1.29 is 10.2 Å². The van der Waals surface area contributed by atoms with E-state index in [4.69, 9.17) is 23.2 Å². The molecule has 78 valence electrons. The van der Waals surface area contributed by atoms with Crippen molar-refractivity contribution in [2.24, 2.45) is 0 Å². The Morgan fingerprint density at radius 2 is 1.64 bits per heavy atom. The first-order valence-corrected chi connectivity index (χ1v) is 5.80. The maximum absolute atomic E-state index is 9.64. The molecule has 0 saturated heterocycles. The highest BCUT2D eigenvalue weighted by atomic mass is 79.9. The fourth-order valence-electron chi connectivity index (χ4n) is 1.05. The number of hydrogen-bond donors (Lipinski definition) is 2. The van der Waals surface area contributed by atoms with Crippen LogP contribution in [0.25, 0.3) is 0 Å². The summed E-state index contributed by atoms with van der Waals surface area (Å²) in [7, 11) is 0. The van der Waals surface area contributed by atoms with Crippen molar-refractivity contribution in [3.8, 4) is 0 Å². The minimum Gasteiger partial charge on any atom is -0.389 e. The van der Waals surface area contributed by atoms with Gasteiger partial charge in [-0.05, 0) is 23.8 Å². The fraction of sp³-hybridized carbons (Fsp3) is 0.333. The molecular formula is C9H9BrCl2O2. The molecule has 0 aromatic heterocycles. The molecule has 5 heteroatoms. The molecule has 2 nitrogen and oxygen atoms in total. The van der Waals surface area contributed by atoms with Gasteiger partial charge in [-0.1, -0.05) is 39.1 Å². The van der Waals surface area contributed by atoms with Gasteiger partial charge in [0.05, 0.1) is 6.10 Å². The van der Waals surface area contributed by atoms with Crippen LogP contribution >= 0.6 is 39.1 Å². The van der Waals surface area contributed by atoms with Crippen LogP contribution in [0.5, 0.6) is 0 Å². The summed E-state index contributed by atoms with van der Waals surface area (Å²) in [5.41, 5.74) is 0.509. The monoisotopic (exact) mass is 298 g/mol. The van der Waals surface area contributed by atoms with Gasteiger partial charge < -0.3 is 10.2 Å². The van der Waals surface area contributed by atoms with E-state index in [-0.39, 0.29) is 5.33 Å². The Bertz CT molecular complexity index is 299. The first-order chi connectivity index (χ1) is 6.54. The number of aliphatic hydroxyl groups excluding tert-OH is 2. The summed E-state index contributed by atoms with van der Waals surface area (Å²) in [6, 6.07) is 4.72. The predicted octanol–water partition coefficient (Wildman–Crippen LogP) is 2.78. The number of rotatable bonds is 3. The van der Waals surface area contributed by atoms with Gasteiger partial charge >= 0.3 is 0 Å². The lowest BCUT2D eigenvalue weighted by Crippen LogP contribution is -2.19. The van der Waals surface area contributed by atoms with E-state index in [1.54, 1.807) is 18.2 Å². The van der Waals surface area contributed by atoms with Crippen LogP contribution in [-0.4, -0.2) is 21.6 Å². The van der Waals surface area contributed by atoms with Gasteiger partial charge in [0.1, 0.15) is 6.10 Å². The molecule has 2 N–H and O–H groups in total. The van der Waals surface area contributed by atoms with E-state index in [2.05, 4.69) is 15.9 Å². The van der Waals surface area contributed by atoms with Crippen LogP contribution in [0.15, 0.2) is 18.2 Å². The Balaban J connectivity index is 2.94. The summed E-state index contributed by atoms with van der Waals surface area (Å²) in [6.45, 7) is 0. The van der Waals surface area contributed by atoms with Crippen LogP contribution < -0.4 is 0 Å². The Morgan fingerprint density at radius 1 is 1.14 bits per heavy atom. The first-order valence-electron chi connectivity index (χ1n) is 3.92. The molecule has 0 bridgehead atoms. The molecule has 0 amide bonds. The molecule has 0 aliphatic carbocycles. The Labute approximate surface area is 101 Å². The normalized spacial score (nSPS) is 15.2. The molecule has 0 aliphatic rings. The molecule has 1 aromatic rings. The minimum absolute atomic E-state index is 0.290. The zero-order valence-electron chi connectivity index (χ0n) is 7.12. The summed E-state index contributed by atoms with van der Waals surface area (Å²) in [4.78, 5) is 0. The highest BCUT2D eigenvalue weighted by Crippen LogP contribution is 2.25. The van der Waals surface area contributed by atoms with Gasteiger partial charge in [0, 0.05) is 15.4 Å². The topological polar surface area (TPSA) is 40.5 Å². The second kappa shape index (κ2) is 5.33. The lowest BCUT2D eigenvalue weighted by Gasteiger charge is -2.16. The molecule has 0 radical (unpaired) electrons. The van der Waals surface area contributed by atoms with Gasteiger partial charge in [0.15, 0.2) is 0 Å². The third kappa shape index (κ3) is 3.11. The number of benzene rings is 1. The van der Waals surface area contributed by atoms with Gasteiger partial charge in [-0.2, -0.15) is 0 Å². The van der Waals surface area contributed by atoms with E-state index in [1.807, 2.05) is 0 Å². The van der Waals surface area contributed by atoms with Crippen molar-refractivity contribution in [2.75, 3.05) is 5.33 Å². The molecule has 0 aliphatic heterocycles. The standard InChI is InChI=1S/C9H9BrCl2O2/c10-4-8(13)9(14)5-1-6(11)3-7(12)2-5/h1-3,8-9,13-14H,4H2. The fourth-order valence-corrected chi connectivity index (χ4v) is 1.95. The molecule has 1 aromatic carbocycles. The molecule has 2 atom stereocenters. The van der Waals surface area contributed by atoms with Crippen molar-refractivity contribution in [1.29, 1.82) is 0 Å². The molecule has 14 heavy (non-hydrogen) atoms. The molecule has 0 saturated carbocycles. The third-order valence-corrected chi connectivity index (χ3v) is 2.85. The minimum atomic E-state index is -0.981. The number of halogens is 3. The maximum atomic E-state index is 9.64. The van der Waals surface area contributed by atoms with Crippen LogP contribution in [0.4, 0.5) is 0 Å². The Morgan fingerprint density at radius 3 is 2.07 bits per heavy atom. The SMILES string of the molecule is OC(CBr)C(O)c1cc(Cl)cc(Cl)c1. The summed E-state index contributed by atoms with van der Waals surface area (Å²) >= 11 is 14.6. The molecule has 0 spiro atoms. The van der Waals surface area contributed by atoms with Gasteiger partial charge in [-0.15, -0.1) is 0 Å². The van der Waals surface area contributed by atoms with Crippen molar-refractivity contribution >= 4 is 39.1 Å². The average molecular weight is 300 g/mol. The van der Waals surface area contributed by atoms with E-state index < -0.39 is 12.2 Å². The largest absolute Gasteiger partial charge is 0.389 e. The zero-order chi connectivity index (χ0) is 10.7. The highest BCUT2D eigenvalue weighted by molar-refractivity contribution is 9.09. The first kappa shape index (κ1) is 12.3. The van der Waals surface area contributed by atoms with Crippen LogP contribution in [-0.2, 0) is 0 Å².